The SMILES string of the molecule is CC/C=C\C/C=C\C/C=C\CCCCCCCCCC(=O)OCC(COP(=O)(O)OCC(O)COP(=O)(O)OCC(COC(=O)CCCCCCC/C=C\C/C=C\CCCCC)OC(=O)CCCCCCCCCCCCC)OC(=O)CCCCCCC/C=C\CCCCCCCC. The minimum Gasteiger partial charge on any atom is -0.462 e. The molecular formula is C79H142O17P2. The highest BCUT2D eigenvalue weighted by atomic mass is 31.2. The lowest BCUT2D eigenvalue weighted by Crippen LogP contribution is -2.30. The maximum Gasteiger partial charge on any atom is 0.472 e. The monoisotopic (exact) mass is 1420 g/mol. The van der Waals surface area contributed by atoms with Crippen LogP contribution in [0.15, 0.2) is 72.9 Å². The fourth-order valence-electron chi connectivity index (χ4n) is 10.7. The Morgan fingerprint density at radius 1 is 0.296 bits per heavy atom. The molecule has 0 radical (unpaired) electrons. The van der Waals surface area contributed by atoms with Gasteiger partial charge in [-0.05, 0) is 116 Å². The van der Waals surface area contributed by atoms with E-state index in [4.69, 9.17) is 37.0 Å². The van der Waals surface area contributed by atoms with Gasteiger partial charge in [-0.2, -0.15) is 0 Å². The maximum absolute atomic E-state index is 13.1. The second-order valence-electron chi connectivity index (χ2n) is 26.3. The highest BCUT2D eigenvalue weighted by molar-refractivity contribution is 7.47. The fraction of sp³-hybridized carbons (Fsp3) is 0.797. The number of hydrogen-bond acceptors (Lipinski definition) is 15. The molecular weight excluding hydrogens is 1280 g/mol. The molecule has 98 heavy (non-hydrogen) atoms. The number of phosphoric acid groups is 2. The molecule has 19 heteroatoms. The van der Waals surface area contributed by atoms with E-state index in [1.54, 1.807) is 0 Å². The molecule has 0 aliphatic heterocycles. The van der Waals surface area contributed by atoms with Crippen molar-refractivity contribution in [1.82, 2.24) is 0 Å². The van der Waals surface area contributed by atoms with Crippen LogP contribution < -0.4 is 0 Å². The zero-order valence-electron chi connectivity index (χ0n) is 62.2. The van der Waals surface area contributed by atoms with Gasteiger partial charge in [0.05, 0.1) is 26.4 Å². The van der Waals surface area contributed by atoms with Crippen molar-refractivity contribution < 1.29 is 80.2 Å². The standard InChI is InChI=1S/C79H142O17P2/c1-5-9-13-17-21-25-29-32-35-36-39-41-45-48-52-56-60-64-77(82)90-70-75(96-79(84)66-62-58-54-50-46-42-38-34-31-27-23-19-15-11-7-3)72-94-98(87,88)92-68-73(80)67-91-97(85,86)93-71-74(95-78(83)65-61-57-53-49-43-28-24-20-16-12-8-4)69-89-76(81)63-59-55-51-47-44-40-37-33-30-26-22-18-14-10-6-2/h9,13,21-22,25-26,32-35,37-38,73-75,80H,5-8,10-12,14-20,23-24,27-31,36,39-72H2,1-4H3,(H,85,86)(H,87,88)/b13-9-,25-21-,26-22-,35-32-,37-33-,38-34-. The predicted molar refractivity (Wildman–Crippen MR) is 400 cm³/mol. The predicted octanol–water partition coefficient (Wildman–Crippen LogP) is 22.4. The van der Waals surface area contributed by atoms with Crippen LogP contribution >= 0.6 is 15.6 Å². The van der Waals surface area contributed by atoms with E-state index in [1.165, 1.54) is 96.3 Å². The van der Waals surface area contributed by atoms with Crippen molar-refractivity contribution in [3.8, 4) is 0 Å². The van der Waals surface area contributed by atoms with E-state index >= 15 is 0 Å². The molecule has 0 saturated carbocycles. The Hall–Kier alpha value is -3.50. The Bertz CT molecular complexity index is 2140. The molecule has 0 spiro atoms. The third-order valence-corrected chi connectivity index (χ3v) is 18.6. The zero-order chi connectivity index (χ0) is 71.8. The van der Waals surface area contributed by atoms with Crippen molar-refractivity contribution in [3.63, 3.8) is 0 Å². The number of unbranched alkanes of at least 4 members (excludes halogenated alkanes) is 36. The molecule has 3 N–H and O–H groups in total. The molecule has 0 aromatic rings. The number of aliphatic hydroxyl groups excluding tert-OH is 1. The van der Waals surface area contributed by atoms with Gasteiger partial charge in [0.25, 0.3) is 0 Å². The molecule has 0 aliphatic carbocycles. The van der Waals surface area contributed by atoms with Crippen LogP contribution in [0, 0.1) is 0 Å². The number of carbonyl (C=O) groups is 4. The van der Waals surface area contributed by atoms with E-state index in [9.17, 15) is 43.2 Å². The number of hydrogen-bond donors (Lipinski definition) is 3. The largest absolute Gasteiger partial charge is 0.472 e. The smallest absolute Gasteiger partial charge is 0.462 e. The van der Waals surface area contributed by atoms with Crippen LogP contribution in [0.2, 0.25) is 0 Å². The van der Waals surface area contributed by atoms with Crippen molar-refractivity contribution in [3.05, 3.63) is 72.9 Å². The van der Waals surface area contributed by atoms with Crippen LogP contribution in [-0.4, -0.2) is 96.7 Å². The van der Waals surface area contributed by atoms with Crippen LogP contribution in [-0.2, 0) is 65.4 Å². The summed E-state index contributed by atoms with van der Waals surface area (Å²) in [5, 5.41) is 10.6. The molecule has 570 valence electrons. The summed E-state index contributed by atoms with van der Waals surface area (Å²) in [5.74, 6) is -2.18. The number of phosphoric ester groups is 2. The van der Waals surface area contributed by atoms with Gasteiger partial charge in [-0.25, -0.2) is 9.13 Å². The quantitative estimate of drug-likeness (QED) is 0.0169. The summed E-state index contributed by atoms with van der Waals surface area (Å²) in [5.41, 5.74) is 0. The first kappa shape index (κ1) is 94.5. The van der Waals surface area contributed by atoms with E-state index in [2.05, 4.69) is 101 Å². The Morgan fingerprint density at radius 3 is 0.847 bits per heavy atom. The maximum atomic E-state index is 13.1. The number of rotatable bonds is 74. The summed E-state index contributed by atoms with van der Waals surface area (Å²) in [6.45, 7) is 4.74. The van der Waals surface area contributed by atoms with Gasteiger partial charge in [0.2, 0.25) is 0 Å². The number of allylic oxidation sites excluding steroid dienone is 12. The van der Waals surface area contributed by atoms with Gasteiger partial charge < -0.3 is 33.8 Å². The molecule has 0 bridgehead atoms. The molecule has 0 saturated heterocycles. The van der Waals surface area contributed by atoms with Crippen LogP contribution in [0.4, 0.5) is 0 Å². The highest BCUT2D eigenvalue weighted by Crippen LogP contribution is 2.45. The Kier molecular flexibility index (Phi) is 69.3. The van der Waals surface area contributed by atoms with Gasteiger partial charge in [0.1, 0.15) is 19.3 Å². The van der Waals surface area contributed by atoms with E-state index in [-0.39, 0.29) is 25.7 Å². The van der Waals surface area contributed by atoms with E-state index in [0.717, 1.165) is 173 Å². The molecule has 5 atom stereocenters. The summed E-state index contributed by atoms with van der Waals surface area (Å²) in [6, 6.07) is 0. The number of esters is 4. The number of aliphatic hydroxyl groups is 1. The van der Waals surface area contributed by atoms with Crippen LogP contribution in [0.5, 0.6) is 0 Å². The van der Waals surface area contributed by atoms with Crippen molar-refractivity contribution in [2.45, 2.75) is 367 Å². The van der Waals surface area contributed by atoms with Gasteiger partial charge in [-0.3, -0.25) is 37.3 Å². The van der Waals surface area contributed by atoms with Crippen molar-refractivity contribution in [2.24, 2.45) is 0 Å². The van der Waals surface area contributed by atoms with E-state index < -0.39 is 97.5 Å². The first-order valence-corrected chi connectivity index (χ1v) is 42.2. The average molecular weight is 1430 g/mol. The van der Waals surface area contributed by atoms with Crippen LogP contribution in [0.25, 0.3) is 0 Å². The zero-order valence-corrected chi connectivity index (χ0v) is 64.0. The summed E-state index contributed by atoms with van der Waals surface area (Å²) >= 11 is 0. The molecule has 5 unspecified atom stereocenters. The minimum absolute atomic E-state index is 0.0855. The first-order chi connectivity index (χ1) is 47.7. The number of ether oxygens (including phenoxy) is 4. The van der Waals surface area contributed by atoms with Crippen LogP contribution in [0.3, 0.4) is 0 Å². The van der Waals surface area contributed by atoms with Crippen LogP contribution in [0.1, 0.15) is 349 Å². The van der Waals surface area contributed by atoms with Crippen molar-refractivity contribution >= 4 is 39.5 Å². The molecule has 0 aliphatic rings. The van der Waals surface area contributed by atoms with Crippen molar-refractivity contribution in [1.29, 1.82) is 0 Å². The minimum atomic E-state index is -4.97. The van der Waals surface area contributed by atoms with E-state index in [1.807, 2.05) is 0 Å². The average Bonchev–Trinajstić information content (AvgIpc) is 0.986. The topological polar surface area (TPSA) is 237 Å². The summed E-state index contributed by atoms with van der Waals surface area (Å²) in [7, 11) is -9.94. The van der Waals surface area contributed by atoms with E-state index in [0.29, 0.717) is 25.7 Å². The summed E-state index contributed by atoms with van der Waals surface area (Å²) in [6.07, 6.45) is 71.7. The Balaban J connectivity index is 5.32. The summed E-state index contributed by atoms with van der Waals surface area (Å²) < 4.78 is 68.5. The lowest BCUT2D eigenvalue weighted by molar-refractivity contribution is -0.161. The second kappa shape index (κ2) is 71.9. The summed E-state index contributed by atoms with van der Waals surface area (Å²) in [4.78, 5) is 72.9. The van der Waals surface area contributed by atoms with Gasteiger partial charge in [0, 0.05) is 25.7 Å². The normalized spacial score (nSPS) is 14.3. The Labute approximate surface area is 596 Å². The fourth-order valence-corrected chi connectivity index (χ4v) is 12.3. The molecule has 0 heterocycles. The first-order valence-electron chi connectivity index (χ1n) is 39.2. The third kappa shape index (κ3) is 70.9. The molecule has 0 fully saturated rings. The third-order valence-electron chi connectivity index (χ3n) is 16.7. The van der Waals surface area contributed by atoms with Gasteiger partial charge in [-0.15, -0.1) is 0 Å². The number of carbonyl (C=O) groups excluding carboxylic acids is 4. The lowest BCUT2D eigenvalue weighted by atomic mass is 10.1. The molecule has 0 aromatic carbocycles. The van der Waals surface area contributed by atoms with Gasteiger partial charge in [-0.1, -0.05) is 280 Å². The van der Waals surface area contributed by atoms with Gasteiger partial charge >= 0.3 is 39.5 Å². The van der Waals surface area contributed by atoms with Crippen molar-refractivity contribution in [2.75, 3.05) is 39.6 Å². The Morgan fingerprint density at radius 2 is 0.531 bits per heavy atom. The lowest BCUT2D eigenvalue weighted by Gasteiger charge is -2.21. The molecule has 0 aromatic heterocycles. The second-order valence-corrected chi connectivity index (χ2v) is 29.2. The molecule has 17 nitrogen and oxygen atoms in total. The molecule has 0 amide bonds. The highest BCUT2D eigenvalue weighted by Gasteiger charge is 2.30. The van der Waals surface area contributed by atoms with Gasteiger partial charge in [0.15, 0.2) is 12.2 Å². The molecule has 0 rings (SSSR count).